The lowest BCUT2D eigenvalue weighted by Gasteiger charge is -2.08. The van der Waals surface area contributed by atoms with E-state index in [1.54, 1.807) is 0 Å². The van der Waals surface area contributed by atoms with Gasteiger partial charge in [-0.1, -0.05) is 30.3 Å². The molecule has 0 fully saturated rings. The summed E-state index contributed by atoms with van der Waals surface area (Å²) in [7, 11) is -2.64. The van der Waals surface area contributed by atoms with E-state index in [2.05, 4.69) is 9.05 Å². The topological polar surface area (TPSA) is 55.8 Å². The van der Waals surface area contributed by atoms with E-state index in [1.165, 1.54) is 5.56 Å². The summed E-state index contributed by atoms with van der Waals surface area (Å²) in [6, 6.07) is 9.89. The zero-order valence-corrected chi connectivity index (χ0v) is 9.52. The maximum absolute atomic E-state index is 10.9. The van der Waals surface area contributed by atoms with Crippen LogP contribution in [0.25, 0.3) is 0 Å². The summed E-state index contributed by atoms with van der Waals surface area (Å²) in [5.41, 5.74) is 1.19. The first-order chi connectivity index (χ1) is 7.14. The van der Waals surface area contributed by atoms with E-state index in [0.29, 0.717) is 6.42 Å². The number of rotatable bonds is 6. The van der Waals surface area contributed by atoms with Crippen LogP contribution in [-0.4, -0.2) is 18.6 Å². The fraction of sp³-hybridized carbons (Fsp3) is 0.400. The molecule has 0 heterocycles. The molecule has 1 atom stereocenters. The number of phosphoric acid groups is 1. The maximum Gasteiger partial charge on any atom is 0.471 e. The molecule has 0 saturated heterocycles. The average molecular weight is 230 g/mol. The van der Waals surface area contributed by atoms with E-state index in [-0.39, 0.29) is 6.61 Å². The van der Waals surface area contributed by atoms with Gasteiger partial charge in [0.25, 0.3) is 0 Å². The van der Waals surface area contributed by atoms with Crippen LogP contribution >= 0.6 is 7.82 Å². The molecule has 5 heteroatoms. The van der Waals surface area contributed by atoms with E-state index in [9.17, 15) is 4.57 Å². The summed E-state index contributed by atoms with van der Waals surface area (Å²) in [5, 5.41) is 0. The number of hydrogen-bond acceptors (Lipinski definition) is 3. The third-order valence-corrected chi connectivity index (χ3v) is 2.91. The van der Waals surface area contributed by atoms with E-state index in [0.717, 1.165) is 13.5 Å². The molecule has 4 nitrogen and oxygen atoms in total. The Labute approximate surface area is 89.5 Å². The Morgan fingerprint density at radius 2 is 2.00 bits per heavy atom. The molecule has 0 aliphatic carbocycles. The number of hydrogen-bond donors (Lipinski definition) is 1. The van der Waals surface area contributed by atoms with Crippen molar-refractivity contribution in [1.29, 1.82) is 0 Å². The van der Waals surface area contributed by atoms with Crippen LogP contribution in [0.1, 0.15) is 12.0 Å². The lowest BCUT2D eigenvalue weighted by atomic mass is 10.1. The van der Waals surface area contributed by atoms with Gasteiger partial charge in [-0.25, -0.2) is 4.57 Å². The summed E-state index contributed by atoms with van der Waals surface area (Å²) in [6.07, 6.45) is 1.52. The standard InChI is InChI=1S/C10H15O4P/c1-13-15(11,12)14-9-5-8-10-6-3-2-4-7-10/h2-4,6-7H,5,8-9H2,1H3,(H,11,12). The third-order valence-electron chi connectivity index (χ3n) is 1.94. The Balaban J connectivity index is 2.21. The van der Waals surface area contributed by atoms with Crippen LogP contribution in [0, 0.1) is 0 Å². The summed E-state index contributed by atoms with van der Waals surface area (Å²) in [5.74, 6) is 0. The quantitative estimate of drug-likeness (QED) is 0.602. The SMILES string of the molecule is COP(=O)(O)OCCCc1ccccc1. The molecular formula is C10H15O4P. The van der Waals surface area contributed by atoms with Crippen LogP contribution < -0.4 is 0 Å². The predicted molar refractivity (Wildman–Crippen MR) is 57.5 cm³/mol. The molecule has 0 saturated carbocycles. The highest BCUT2D eigenvalue weighted by molar-refractivity contribution is 7.47. The zero-order chi connectivity index (χ0) is 11.1. The molecule has 1 unspecified atom stereocenters. The van der Waals surface area contributed by atoms with Crippen LogP contribution in [-0.2, 0) is 20.0 Å². The average Bonchev–Trinajstić information content (AvgIpc) is 2.26. The van der Waals surface area contributed by atoms with E-state index < -0.39 is 7.82 Å². The molecule has 1 rings (SSSR count). The number of benzene rings is 1. The first kappa shape index (κ1) is 12.4. The van der Waals surface area contributed by atoms with Crippen molar-refractivity contribution in [1.82, 2.24) is 0 Å². The first-order valence-electron chi connectivity index (χ1n) is 4.71. The summed E-state index contributed by atoms with van der Waals surface area (Å²) < 4.78 is 19.9. The monoisotopic (exact) mass is 230 g/mol. The van der Waals surface area contributed by atoms with Crippen molar-refractivity contribution in [3.63, 3.8) is 0 Å². The van der Waals surface area contributed by atoms with Crippen LogP contribution in [0.2, 0.25) is 0 Å². The smallest absolute Gasteiger partial charge is 0.303 e. The van der Waals surface area contributed by atoms with Crippen LogP contribution in [0.4, 0.5) is 0 Å². The van der Waals surface area contributed by atoms with Crippen molar-refractivity contribution in [2.45, 2.75) is 12.8 Å². The Bertz CT molecular complexity index is 325. The number of phosphoric ester groups is 1. The van der Waals surface area contributed by atoms with Gasteiger partial charge in [0, 0.05) is 7.11 Å². The highest BCUT2D eigenvalue weighted by Gasteiger charge is 2.17. The van der Waals surface area contributed by atoms with Crippen molar-refractivity contribution in [2.24, 2.45) is 0 Å². The fourth-order valence-electron chi connectivity index (χ4n) is 1.15. The second kappa shape index (κ2) is 6.03. The molecule has 0 aliphatic rings. The van der Waals surface area contributed by atoms with Gasteiger partial charge in [0.05, 0.1) is 6.61 Å². The second-order valence-electron chi connectivity index (χ2n) is 3.07. The van der Waals surface area contributed by atoms with Crippen LogP contribution in [0.15, 0.2) is 30.3 Å². The Morgan fingerprint density at radius 3 is 2.60 bits per heavy atom. The molecule has 1 aromatic carbocycles. The summed E-state index contributed by atoms with van der Waals surface area (Å²) in [4.78, 5) is 8.93. The van der Waals surface area contributed by atoms with Crippen LogP contribution in [0.3, 0.4) is 0 Å². The minimum atomic E-state index is -3.79. The fourth-order valence-corrected chi connectivity index (χ4v) is 1.62. The first-order valence-corrected chi connectivity index (χ1v) is 6.20. The van der Waals surface area contributed by atoms with Gasteiger partial charge in [0.1, 0.15) is 0 Å². The van der Waals surface area contributed by atoms with Crippen molar-refractivity contribution in [2.75, 3.05) is 13.7 Å². The minimum absolute atomic E-state index is 0.219. The van der Waals surface area contributed by atoms with Gasteiger partial charge in [-0.15, -0.1) is 0 Å². The highest BCUT2D eigenvalue weighted by Crippen LogP contribution is 2.41. The highest BCUT2D eigenvalue weighted by atomic mass is 31.2. The van der Waals surface area contributed by atoms with Gasteiger partial charge in [-0.05, 0) is 18.4 Å². The van der Waals surface area contributed by atoms with Crippen molar-refractivity contribution < 1.29 is 18.5 Å². The van der Waals surface area contributed by atoms with Crippen LogP contribution in [0.5, 0.6) is 0 Å². The molecule has 1 N–H and O–H groups in total. The second-order valence-corrected chi connectivity index (χ2v) is 4.63. The maximum atomic E-state index is 10.9. The van der Waals surface area contributed by atoms with Gasteiger partial charge in [0.2, 0.25) is 0 Å². The van der Waals surface area contributed by atoms with Gasteiger partial charge in [-0.3, -0.25) is 9.05 Å². The summed E-state index contributed by atoms with van der Waals surface area (Å²) in [6.45, 7) is 0.219. The normalized spacial score (nSPS) is 14.8. The largest absolute Gasteiger partial charge is 0.471 e. The Kier molecular flexibility index (Phi) is 4.99. The number of aryl methyl sites for hydroxylation is 1. The van der Waals surface area contributed by atoms with Gasteiger partial charge < -0.3 is 4.89 Å². The third kappa shape index (κ3) is 5.09. The Morgan fingerprint density at radius 1 is 1.33 bits per heavy atom. The molecule has 0 bridgehead atoms. The predicted octanol–water partition coefficient (Wildman–Crippen LogP) is 2.38. The molecule has 0 aliphatic heterocycles. The van der Waals surface area contributed by atoms with E-state index >= 15 is 0 Å². The van der Waals surface area contributed by atoms with E-state index in [4.69, 9.17) is 4.89 Å². The molecule has 0 amide bonds. The molecule has 0 spiro atoms. The zero-order valence-electron chi connectivity index (χ0n) is 8.63. The molecule has 84 valence electrons. The summed E-state index contributed by atoms with van der Waals surface area (Å²) >= 11 is 0. The Hall–Kier alpha value is -0.670. The van der Waals surface area contributed by atoms with Crippen molar-refractivity contribution in [3.8, 4) is 0 Å². The molecule has 0 radical (unpaired) electrons. The molecule has 0 aromatic heterocycles. The van der Waals surface area contributed by atoms with Gasteiger partial charge >= 0.3 is 7.82 Å². The molecule has 15 heavy (non-hydrogen) atoms. The van der Waals surface area contributed by atoms with Crippen molar-refractivity contribution in [3.05, 3.63) is 35.9 Å². The van der Waals surface area contributed by atoms with Gasteiger partial charge in [0.15, 0.2) is 0 Å². The van der Waals surface area contributed by atoms with E-state index in [1.807, 2.05) is 30.3 Å². The van der Waals surface area contributed by atoms with Gasteiger partial charge in [-0.2, -0.15) is 0 Å². The lowest BCUT2D eigenvalue weighted by molar-refractivity contribution is 0.172. The molecule has 1 aromatic rings. The lowest BCUT2D eigenvalue weighted by Crippen LogP contribution is -1.96. The minimum Gasteiger partial charge on any atom is -0.303 e. The van der Waals surface area contributed by atoms with Crippen molar-refractivity contribution >= 4 is 7.82 Å². The molecular weight excluding hydrogens is 215 g/mol.